The first-order valence-electron chi connectivity index (χ1n) is 4.04. The van der Waals surface area contributed by atoms with Gasteiger partial charge >= 0.3 is 0 Å². The summed E-state index contributed by atoms with van der Waals surface area (Å²) < 4.78 is 2.53. The molecule has 0 unspecified atom stereocenters. The average molecular weight is 273 g/mol. The Morgan fingerprint density at radius 2 is 2.07 bits per heavy atom. The van der Waals surface area contributed by atoms with Crippen LogP contribution in [0.15, 0.2) is 33.5 Å². The highest BCUT2D eigenvalue weighted by Crippen LogP contribution is 2.24. The summed E-state index contributed by atoms with van der Waals surface area (Å²) in [5, 5.41) is 1.37. The molecular weight excluding hydrogens is 265 g/mol. The van der Waals surface area contributed by atoms with Gasteiger partial charge in [0.1, 0.15) is 0 Å². The van der Waals surface area contributed by atoms with Crippen molar-refractivity contribution in [1.82, 2.24) is 4.57 Å². The van der Waals surface area contributed by atoms with Crippen LogP contribution in [0.2, 0.25) is 5.02 Å². The van der Waals surface area contributed by atoms with E-state index in [0.717, 1.165) is 15.4 Å². The molecule has 14 heavy (non-hydrogen) atoms. The van der Waals surface area contributed by atoms with Gasteiger partial charge in [0, 0.05) is 23.0 Å². The lowest BCUT2D eigenvalue weighted by molar-refractivity contribution is 0.906. The van der Waals surface area contributed by atoms with Crippen molar-refractivity contribution in [3.63, 3.8) is 0 Å². The summed E-state index contributed by atoms with van der Waals surface area (Å²) >= 11 is 9.34. The molecule has 72 valence electrons. The molecule has 2 nitrogen and oxygen atoms in total. The Morgan fingerprint density at radius 3 is 2.79 bits per heavy atom. The molecule has 1 heterocycles. The second-order valence-electron chi connectivity index (χ2n) is 3.05. The van der Waals surface area contributed by atoms with Gasteiger partial charge in [0.15, 0.2) is 0 Å². The van der Waals surface area contributed by atoms with Gasteiger partial charge < -0.3 is 4.57 Å². The lowest BCUT2D eigenvalue weighted by Gasteiger charge is -2.05. The topological polar surface area (TPSA) is 22.0 Å². The van der Waals surface area contributed by atoms with Gasteiger partial charge in [-0.25, -0.2) is 0 Å². The van der Waals surface area contributed by atoms with Crippen molar-refractivity contribution >= 4 is 38.4 Å². The summed E-state index contributed by atoms with van der Waals surface area (Å²) in [6.45, 7) is 0. The van der Waals surface area contributed by atoms with Crippen LogP contribution in [0.5, 0.6) is 0 Å². The van der Waals surface area contributed by atoms with E-state index in [0.29, 0.717) is 5.02 Å². The van der Waals surface area contributed by atoms with E-state index in [2.05, 4.69) is 15.9 Å². The van der Waals surface area contributed by atoms with Gasteiger partial charge in [-0.05, 0) is 18.2 Å². The maximum Gasteiger partial charge on any atom is 0.252 e. The van der Waals surface area contributed by atoms with Crippen LogP contribution in [-0.4, -0.2) is 4.57 Å². The van der Waals surface area contributed by atoms with Gasteiger partial charge in [-0.2, -0.15) is 0 Å². The molecule has 0 radical (unpaired) electrons. The van der Waals surface area contributed by atoms with Crippen LogP contribution in [0.4, 0.5) is 0 Å². The smallest absolute Gasteiger partial charge is 0.252 e. The van der Waals surface area contributed by atoms with Gasteiger partial charge in [0.25, 0.3) is 5.56 Å². The van der Waals surface area contributed by atoms with Gasteiger partial charge in [-0.15, -0.1) is 0 Å². The molecule has 0 aliphatic heterocycles. The van der Waals surface area contributed by atoms with Crippen LogP contribution in [0, 0.1) is 0 Å². The van der Waals surface area contributed by atoms with Crippen molar-refractivity contribution in [2.75, 3.05) is 0 Å². The highest BCUT2D eigenvalue weighted by Gasteiger charge is 2.04. The fraction of sp³-hybridized carbons (Fsp3) is 0.100. The van der Waals surface area contributed by atoms with Crippen LogP contribution >= 0.6 is 27.5 Å². The first-order valence-corrected chi connectivity index (χ1v) is 5.21. The molecule has 0 aliphatic rings. The molecule has 0 saturated heterocycles. The minimum absolute atomic E-state index is 0.0928. The largest absolute Gasteiger partial charge is 0.311 e. The third kappa shape index (κ3) is 1.47. The third-order valence-corrected chi connectivity index (χ3v) is 2.96. The second kappa shape index (κ2) is 3.41. The van der Waals surface area contributed by atoms with Crippen LogP contribution in [0.3, 0.4) is 0 Å². The number of benzene rings is 1. The molecule has 0 saturated carbocycles. The molecule has 0 fully saturated rings. The van der Waals surface area contributed by atoms with E-state index >= 15 is 0 Å². The third-order valence-electron chi connectivity index (χ3n) is 2.16. The van der Waals surface area contributed by atoms with Crippen molar-refractivity contribution in [2.24, 2.45) is 7.05 Å². The van der Waals surface area contributed by atoms with Gasteiger partial charge in [-0.3, -0.25) is 4.79 Å². The molecule has 0 bridgehead atoms. The molecule has 1 aromatic heterocycles. The molecule has 0 atom stereocenters. The number of rotatable bonds is 0. The summed E-state index contributed by atoms with van der Waals surface area (Å²) in [6.07, 6.45) is 0. The monoisotopic (exact) mass is 271 g/mol. The molecule has 0 N–H and O–H groups in total. The van der Waals surface area contributed by atoms with Crippen LogP contribution in [0.25, 0.3) is 10.9 Å². The number of aromatic nitrogens is 1. The second-order valence-corrected chi connectivity index (χ2v) is 4.37. The molecule has 4 heteroatoms. The first-order chi connectivity index (χ1) is 6.59. The van der Waals surface area contributed by atoms with Crippen molar-refractivity contribution in [3.05, 3.63) is 44.1 Å². The number of nitrogens with zero attached hydrogens (tertiary/aromatic N) is 1. The molecule has 2 rings (SSSR count). The highest BCUT2D eigenvalue weighted by atomic mass is 79.9. The standard InChI is InChI=1S/C10H7BrClNO/c1-13-9-3-2-6(11)4-7(9)8(12)5-10(13)14/h2-5H,1H3. The number of pyridine rings is 1. The number of halogens is 2. The summed E-state index contributed by atoms with van der Waals surface area (Å²) in [5.74, 6) is 0. The molecule has 1 aromatic carbocycles. The highest BCUT2D eigenvalue weighted by molar-refractivity contribution is 9.10. The quantitative estimate of drug-likeness (QED) is 0.723. The lowest BCUT2D eigenvalue weighted by atomic mass is 10.2. The van der Waals surface area contributed by atoms with Crippen molar-refractivity contribution in [1.29, 1.82) is 0 Å². The van der Waals surface area contributed by atoms with Crippen LogP contribution in [-0.2, 0) is 7.05 Å². The van der Waals surface area contributed by atoms with Crippen molar-refractivity contribution < 1.29 is 0 Å². The normalized spacial score (nSPS) is 10.8. The Labute approximate surface area is 94.2 Å². The predicted octanol–water partition coefficient (Wildman–Crippen LogP) is 2.95. The zero-order valence-electron chi connectivity index (χ0n) is 7.42. The predicted molar refractivity (Wildman–Crippen MR) is 61.9 cm³/mol. The Balaban J connectivity index is 3.02. The lowest BCUT2D eigenvalue weighted by Crippen LogP contribution is -2.15. The Kier molecular flexibility index (Phi) is 2.37. The van der Waals surface area contributed by atoms with Crippen molar-refractivity contribution in [3.8, 4) is 0 Å². The van der Waals surface area contributed by atoms with E-state index in [1.807, 2.05) is 18.2 Å². The van der Waals surface area contributed by atoms with Crippen LogP contribution in [0.1, 0.15) is 0 Å². The van der Waals surface area contributed by atoms with Gasteiger partial charge in [-0.1, -0.05) is 27.5 Å². The summed E-state index contributed by atoms with van der Waals surface area (Å²) in [6, 6.07) is 7.08. The molecule has 0 aliphatic carbocycles. The minimum Gasteiger partial charge on any atom is -0.311 e. The maximum atomic E-state index is 11.4. The fourth-order valence-corrected chi connectivity index (χ4v) is 2.00. The molecular formula is C10H7BrClNO. The molecule has 2 aromatic rings. The summed E-state index contributed by atoms with van der Waals surface area (Å²) in [5.41, 5.74) is 0.746. The van der Waals surface area contributed by atoms with E-state index in [1.165, 1.54) is 6.07 Å². The number of hydrogen-bond donors (Lipinski definition) is 0. The molecule has 0 amide bonds. The Hall–Kier alpha value is -0.800. The Bertz CT molecular complexity index is 562. The number of aryl methyl sites for hydroxylation is 1. The SMILES string of the molecule is Cn1c(=O)cc(Cl)c2cc(Br)ccc21. The summed E-state index contributed by atoms with van der Waals surface area (Å²) in [4.78, 5) is 11.4. The van der Waals surface area contributed by atoms with Crippen molar-refractivity contribution in [2.45, 2.75) is 0 Å². The number of hydrogen-bond acceptors (Lipinski definition) is 1. The van der Waals surface area contributed by atoms with E-state index in [9.17, 15) is 4.79 Å². The number of fused-ring (bicyclic) bond motifs is 1. The van der Waals surface area contributed by atoms with E-state index in [-0.39, 0.29) is 5.56 Å². The zero-order valence-corrected chi connectivity index (χ0v) is 9.76. The van der Waals surface area contributed by atoms with E-state index in [1.54, 1.807) is 11.6 Å². The van der Waals surface area contributed by atoms with E-state index < -0.39 is 0 Å². The summed E-state index contributed by atoms with van der Waals surface area (Å²) in [7, 11) is 1.73. The van der Waals surface area contributed by atoms with Crippen LogP contribution < -0.4 is 5.56 Å². The molecule has 0 spiro atoms. The average Bonchev–Trinajstić information content (AvgIpc) is 2.14. The van der Waals surface area contributed by atoms with Gasteiger partial charge in [0.05, 0.1) is 10.5 Å². The Morgan fingerprint density at radius 1 is 1.36 bits per heavy atom. The first kappa shape index (κ1) is 9.74. The van der Waals surface area contributed by atoms with E-state index in [4.69, 9.17) is 11.6 Å². The maximum absolute atomic E-state index is 11.4. The van der Waals surface area contributed by atoms with Gasteiger partial charge in [0.2, 0.25) is 0 Å². The fourth-order valence-electron chi connectivity index (χ4n) is 1.39. The minimum atomic E-state index is -0.0928. The zero-order chi connectivity index (χ0) is 10.3.